The van der Waals surface area contributed by atoms with Crippen LogP contribution in [-0.2, 0) is 21.3 Å². The van der Waals surface area contributed by atoms with Gasteiger partial charge in [0.25, 0.3) is 15.9 Å². The number of rotatable bonds is 8. The van der Waals surface area contributed by atoms with Crippen molar-refractivity contribution in [2.24, 2.45) is 0 Å². The van der Waals surface area contributed by atoms with Crippen LogP contribution in [0.2, 0.25) is 0 Å². The minimum Gasteiger partial charge on any atom is -0.465 e. The van der Waals surface area contributed by atoms with Gasteiger partial charge in [-0.05, 0) is 54.1 Å². The lowest BCUT2D eigenvalue weighted by Gasteiger charge is -2.26. The molecular formula is C28H24N2O5S. The lowest BCUT2D eigenvalue weighted by atomic mass is 10.1. The molecule has 4 aromatic carbocycles. The van der Waals surface area contributed by atoms with Gasteiger partial charge in [-0.3, -0.25) is 9.10 Å². The van der Waals surface area contributed by atoms with Gasteiger partial charge in [-0.1, -0.05) is 60.7 Å². The molecule has 0 spiro atoms. The van der Waals surface area contributed by atoms with Gasteiger partial charge in [0.1, 0.15) is 0 Å². The number of benzene rings is 4. The molecule has 8 heteroatoms. The van der Waals surface area contributed by atoms with Crippen molar-refractivity contribution in [1.82, 2.24) is 0 Å². The quantitative estimate of drug-likeness (QED) is 0.339. The van der Waals surface area contributed by atoms with Crippen molar-refractivity contribution in [1.29, 1.82) is 0 Å². The van der Waals surface area contributed by atoms with Crippen LogP contribution in [0.5, 0.6) is 0 Å². The van der Waals surface area contributed by atoms with E-state index in [9.17, 15) is 18.0 Å². The van der Waals surface area contributed by atoms with Crippen LogP contribution in [-0.4, -0.2) is 27.4 Å². The average Bonchev–Trinajstić information content (AvgIpc) is 2.92. The third-order valence-electron chi connectivity index (χ3n) is 5.48. The Balaban J connectivity index is 1.72. The molecule has 0 heterocycles. The van der Waals surface area contributed by atoms with Crippen molar-refractivity contribution >= 4 is 33.3 Å². The van der Waals surface area contributed by atoms with Gasteiger partial charge in [0.15, 0.2) is 0 Å². The number of methoxy groups -OCH3 is 1. The van der Waals surface area contributed by atoms with Crippen LogP contribution in [0.25, 0.3) is 0 Å². The summed E-state index contributed by atoms with van der Waals surface area (Å²) >= 11 is 0. The van der Waals surface area contributed by atoms with Gasteiger partial charge in [0.2, 0.25) is 0 Å². The van der Waals surface area contributed by atoms with Gasteiger partial charge in [-0.15, -0.1) is 0 Å². The molecule has 0 fully saturated rings. The lowest BCUT2D eigenvalue weighted by Crippen LogP contribution is -2.32. The highest BCUT2D eigenvalue weighted by molar-refractivity contribution is 7.92. The number of nitrogens with zero attached hydrogens (tertiary/aromatic N) is 1. The van der Waals surface area contributed by atoms with Gasteiger partial charge in [0.05, 0.1) is 35.4 Å². The third kappa shape index (κ3) is 5.45. The Morgan fingerprint density at radius 2 is 1.36 bits per heavy atom. The van der Waals surface area contributed by atoms with Crippen molar-refractivity contribution in [3.8, 4) is 0 Å². The van der Waals surface area contributed by atoms with E-state index in [1.54, 1.807) is 54.6 Å². The number of esters is 1. The highest BCUT2D eigenvalue weighted by atomic mass is 32.2. The predicted octanol–water partition coefficient (Wildman–Crippen LogP) is 5.12. The number of nitrogens with one attached hydrogen (secondary N) is 1. The van der Waals surface area contributed by atoms with Gasteiger partial charge >= 0.3 is 5.97 Å². The van der Waals surface area contributed by atoms with Crippen molar-refractivity contribution in [3.63, 3.8) is 0 Å². The summed E-state index contributed by atoms with van der Waals surface area (Å²) in [6.07, 6.45) is 0. The van der Waals surface area contributed by atoms with Gasteiger partial charge < -0.3 is 10.1 Å². The molecule has 0 bridgehead atoms. The Hall–Kier alpha value is -4.43. The van der Waals surface area contributed by atoms with E-state index in [1.807, 2.05) is 30.3 Å². The van der Waals surface area contributed by atoms with E-state index in [4.69, 9.17) is 4.74 Å². The Labute approximate surface area is 210 Å². The lowest BCUT2D eigenvalue weighted by molar-refractivity contribution is 0.0600. The first-order valence-electron chi connectivity index (χ1n) is 11.1. The first-order valence-corrected chi connectivity index (χ1v) is 12.5. The van der Waals surface area contributed by atoms with E-state index in [0.29, 0.717) is 11.3 Å². The zero-order valence-electron chi connectivity index (χ0n) is 19.5. The smallest absolute Gasteiger partial charge is 0.337 e. The molecule has 1 N–H and O–H groups in total. The molecule has 0 saturated carbocycles. The maximum atomic E-state index is 13.8. The number of sulfonamides is 1. The number of hydrogen-bond acceptors (Lipinski definition) is 5. The SMILES string of the molecule is COC(=O)c1ccc(NC(=O)c2ccccc2N(Cc2ccccc2)S(=O)(=O)c2ccccc2)cc1. The normalized spacial score (nSPS) is 10.9. The molecule has 0 unspecified atom stereocenters. The molecule has 4 rings (SSSR count). The highest BCUT2D eigenvalue weighted by Crippen LogP contribution is 2.30. The number of carbonyl (C=O) groups excluding carboxylic acids is 2. The Morgan fingerprint density at radius 3 is 2.00 bits per heavy atom. The fourth-order valence-corrected chi connectivity index (χ4v) is 5.15. The molecule has 0 aromatic heterocycles. The number of para-hydroxylation sites is 1. The molecule has 7 nitrogen and oxygen atoms in total. The highest BCUT2D eigenvalue weighted by Gasteiger charge is 2.28. The summed E-state index contributed by atoms with van der Waals surface area (Å²) in [6.45, 7) is 0.0379. The summed E-state index contributed by atoms with van der Waals surface area (Å²) in [4.78, 5) is 25.1. The van der Waals surface area contributed by atoms with E-state index in [1.165, 1.54) is 35.7 Å². The summed E-state index contributed by atoms with van der Waals surface area (Å²) < 4.78 is 33.4. The van der Waals surface area contributed by atoms with E-state index in [0.717, 1.165) is 5.56 Å². The summed E-state index contributed by atoms with van der Waals surface area (Å²) in [5, 5.41) is 2.78. The maximum absolute atomic E-state index is 13.8. The molecular weight excluding hydrogens is 476 g/mol. The predicted molar refractivity (Wildman–Crippen MR) is 138 cm³/mol. The largest absolute Gasteiger partial charge is 0.465 e. The number of ether oxygens (including phenoxy) is 1. The van der Waals surface area contributed by atoms with Crippen molar-refractivity contribution in [2.45, 2.75) is 11.4 Å². The molecule has 0 aliphatic heterocycles. The summed E-state index contributed by atoms with van der Waals surface area (Å²) in [5.41, 5.74) is 1.99. The van der Waals surface area contributed by atoms with Crippen LogP contribution >= 0.6 is 0 Å². The van der Waals surface area contributed by atoms with Crippen molar-refractivity contribution in [2.75, 3.05) is 16.7 Å². The first-order chi connectivity index (χ1) is 17.4. The van der Waals surface area contributed by atoms with Crippen LogP contribution in [0.3, 0.4) is 0 Å². The van der Waals surface area contributed by atoms with Gasteiger partial charge in [-0.25, -0.2) is 13.2 Å². The topological polar surface area (TPSA) is 92.8 Å². The molecule has 36 heavy (non-hydrogen) atoms. The second-order valence-corrected chi connectivity index (χ2v) is 9.71. The van der Waals surface area contributed by atoms with Crippen molar-refractivity contribution in [3.05, 3.63) is 126 Å². The second kappa shape index (κ2) is 10.9. The van der Waals surface area contributed by atoms with Crippen LogP contribution < -0.4 is 9.62 Å². The molecule has 0 saturated heterocycles. The average molecular weight is 501 g/mol. The number of amides is 1. The Bertz CT molecular complexity index is 1460. The Morgan fingerprint density at radius 1 is 0.778 bits per heavy atom. The molecule has 0 atom stereocenters. The monoisotopic (exact) mass is 500 g/mol. The third-order valence-corrected chi connectivity index (χ3v) is 7.26. The van der Waals surface area contributed by atoms with Gasteiger partial charge in [0, 0.05) is 5.69 Å². The van der Waals surface area contributed by atoms with Crippen LogP contribution in [0.1, 0.15) is 26.3 Å². The van der Waals surface area contributed by atoms with E-state index in [2.05, 4.69) is 5.32 Å². The Kier molecular flexibility index (Phi) is 7.46. The van der Waals surface area contributed by atoms with E-state index < -0.39 is 21.9 Å². The maximum Gasteiger partial charge on any atom is 0.337 e. The molecule has 4 aromatic rings. The standard InChI is InChI=1S/C28H24N2O5S/c1-35-28(32)22-16-18-23(19-17-22)29-27(31)25-14-8-9-15-26(25)30(20-21-10-4-2-5-11-21)36(33,34)24-12-6-3-7-13-24/h2-19H,20H2,1H3,(H,29,31). The fourth-order valence-electron chi connectivity index (χ4n) is 3.66. The fraction of sp³-hybridized carbons (Fsp3) is 0.0714. The number of carbonyl (C=O) groups is 2. The van der Waals surface area contributed by atoms with Crippen LogP contribution in [0, 0.1) is 0 Å². The molecule has 1 amide bonds. The summed E-state index contributed by atoms with van der Waals surface area (Å²) in [7, 11) is -2.71. The summed E-state index contributed by atoms with van der Waals surface area (Å²) in [6, 6.07) is 30.1. The zero-order valence-corrected chi connectivity index (χ0v) is 20.3. The van der Waals surface area contributed by atoms with E-state index in [-0.39, 0.29) is 22.7 Å². The van der Waals surface area contributed by atoms with Gasteiger partial charge in [-0.2, -0.15) is 0 Å². The minimum atomic E-state index is -4.00. The van der Waals surface area contributed by atoms with Crippen LogP contribution in [0.15, 0.2) is 114 Å². The summed E-state index contributed by atoms with van der Waals surface area (Å²) in [5.74, 6) is -0.973. The molecule has 0 radical (unpaired) electrons. The first kappa shape index (κ1) is 24.7. The van der Waals surface area contributed by atoms with Crippen molar-refractivity contribution < 1.29 is 22.7 Å². The number of hydrogen-bond donors (Lipinski definition) is 1. The molecule has 182 valence electrons. The molecule has 0 aliphatic carbocycles. The number of anilines is 2. The van der Waals surface area contributed by atoms with E-state index >= 15 is 0 Å². The molecule has 0 aliphatic rings. The zero-order chi connectivity index (χ0) is 25.5. The minimum absolute atomic E-state index is 0.0379. The van der Waals surface area contributed by atoms with Crippen LogP contribution in [0.4, 0.5) is 11.4 Å². The second-order valence-electron chi connectivity index (χ2n) is 7.85.